The van der Waals surface area contributed by atoms with E-state index in [2.05, 4.69) is 10.2 Å². The summed E-state index contributed by atoms with van der Waals surface area (Å²) < 4.78 is 35.0. The summed E-state index contributed by atoms with van der Waals surface area (Å²) in [4.78, 5) is 4.96. The highest BCUT2D eigenvalue weighted by molar-refractivity contribution is 7.90. The zero-order valence-electron chi connectivity index (χ0n) is 16.3. The fraction of sp³-hybridized carbons (Fsp3) is 0.333. The second-order valence-corrected chi connectivity index (χ2v) is 13.7. The molecule has 3 aliphatic heterocycles. The Hall–Kier alpha value is -1.27. The van der Waals surface area contributed by atoms with Gasteiger partial charge < -0.3 is 18.4 Å². The maximum Gasteiger partial charge on any atom is 0.466 e. The second-order valence-electron chi connectivity index (χ2n) is 6.85. The largest absolute Gasteiger partial charge is 0.470 e. The molecule has 1 unspecified atom stereocenters. The molecule has 5 rings (SSSR count). The van der Waals surface area contributed by atoms with Crippen molar-refractivity contribution >= 4 is 23.2 Å². The van der Waals surface area contributed by atoms with Crippen LogP contribution >= 0.6 is 23.2 Å². The summed E-state index contributed by atoms with van der Waals surface area (Å²) in [6.07, 6.45) is 1.79. The number of hydrogen-bond donors (Lipinski definition) is 2. The molecule has 2 fully saturated rings. The summed E-state index contributed by atoms with van der Waals surface area (Å²) in [6, 6.07) is 19.0. The van der Waals surface area contributed by atoms with Gasteiger partial charge in [-0.1, -0.05) is 40.9 Å². The first kappa shape index (κ1) is 20.6. The molecule has 2 atom stereocenters. The van der Waals surface area contributed by atoms with Gasteiger partial charge in [0.25, 0.3) is 7.66 Å². The quantitative estimate of drug-likeness (QED) is 0.526. The van der Waals surface area contributed by atoms with Gasteiger partial charge in [-0.15, -0.1) is 5.09 Å². The maximum atomic E-state index is 6.41. The normalized spacial score (nSPS) is 30.3. The molecular weight excluding hydrogens is 443 g/mol. The minimum Gasteiger partial charge on any atom is -0.470 e. The fourth-order valence-electron chi connectivity index (χ4n) is 3.15. The zero-order chi connectivity index (χ0) is 20.3. The number of benzene rings is 2. The van der Waals surface area contributed by atoms with Crippen molar-refractivity contribution in [3.05, 3.63) is 65.5 Å². The molecule has 2 aromatic carbocycles. The Morgan fingerprint density at radius 1 is 0.867 bits per heavy atom. The predicted molar refractivity (Wildman–Crippen MR) is 120 cm³/mol. The van der Waals surface area contributed by atoms with Crippen LogP contribution in [-0.4, -0.2) is 26.3 Å². The Labute approximate surface area is 177 Å². The van der Waals surface area contributed by atoms with E-state index in [1.807, 2.05) is 60.7 Å². The average molecular weight is 467 g/mol. The Morgan fingerprint density at radius 3 is 2.10 bits per heavy atom. The molecule has 0 aromatic heterocycles. The van der Waals surface area contributed by atoms with Crippen molar-refractivity contribution in [2.45, 2.75) is 12.8 Å². The molecule has 3 heterocycles. The summed E-state index contributed by atoms with van der Waals surface area (Å²) >= 11 is 0. The molecule has 0 amide bonds. The smallest absolute Gasteiger partial charge is 0.466 e. The number of nitrogens with zero attached hydrogens (tertiary/aromatic N) is 3. The third-order valence-corrected chi connectivity index (χ3v) is 13.4. The van der Waals surface area contributed by atoms with Crippen LogP contribution in [0.5, 0.6) is 11.5 Å². The van der Waals surface area contributed by atoms with Crippen molar-refractivity contribution in [2.75, 3.05) is 26.3 Å². The molecule has 2 saturated heterocycles. The second kappa shape index (κ2) is 8.70. The average Bonchev–Trinajstić information content (AvgIpc) is 2.75. The summed E-state index contributed by atoms with van der Waals surface area (Å²) in [5, 5.41) is 6.81. The molecule has 30 heavy (non-hydrogen) atoms. The number of para-hydroxylation sites is 2. The van der Waals surface area contributed by atoms with Crippen molar-refractivity contribution in [2.24, 2.45) is 9.03 Å². The third-order valence-electron chi connectivity index (χ3n) is 4.47. The van der Waals surface area contributed by atoms with Gasteiger partial charge in [-0.3, -0.25) is 5.09 Å². The monoisotopic (exact) mass is 467 g/mol. The van der Waals surface area contributed by atoms with Crippen LogP contribution in [0.2, 0.25) is 0 Å². The van der Waals surface area contributed by atoms with Crippen LogP contribution in [-0.2, 0) is 9.05 Å². The van der Waals surface area contributed by atoms with Crippen LogP contribution < -0.4 is 19.2 Å². The van der Waals surface area contributed by atoms with Crippen LogP contribution in [0, 0.1) is 0 Å². The van der Waals surface area contributed by atoms with Crippen molar-refractivity contribution in [3.63, 3.8) is 0 Å². The van der Waals surface area contributed by atoms with Gasteiger partial charge in [-0.25, -0.2) is 0 Å². The van der Waals surface area contributed by atoms with E-state index in [0.717, 1.165) is 25.9 Å². The lowest BCUT2D eigenvalue weighted by molar-refractivity contribution is 0.297. The van der Waals surface area contributed by atoms with E-state index < -0.39 is 23.2 Å². The van der Waals surface area contributed by atoms with E-state index in [9.17, 15) is 0 Å². The number of nitrogens with one attached hydrogen (secondary N) is 2. The Bertz CT molecular complexity index is 930. The van der Waals surface area contributed by atoms with E-state index >= 15 is 0 Å². The molecule has 0 bridgehead atoms. The van der Waals surface area contributed by atoms with Gasteiger partial charge in [0.2, 0.25) is 0 Å². The van der Waals surface area contributed by atoms with Crippen molar-refractivity contribution in [1.29, 1.82) is 0 Å². The molecule has 2 aromatic rings. The molecule has 0 aliphatic carbocycles. The number of rotatable bonds is 4. The first-order chi connectivity index (χ1) is 14.7. The van der Waals surface area contributed by atoms with Gasteiger partial charge in [-0.05, 0) is 41.6 Å². The highest BCUT2D eigenvalue weighted by atomic mass is 31.3. The molecule has 0 saturated carbocycles. The van der Waals surface area contributed by atoms with Gasteiger partial charge in [0, 0.05) is 13.1 Å². The fourth-order valence-corrected chi connectivity index (χ4v) is 13.4. The van der Waals surface area contributed by atoms with Gasteiger partial charge in [0.05, 0.1) is 13.2 Å². The summed E-state index contributed by atoms with van der Waals surface area (Å²) in [5.41, 5.74) is 0. The molecule has 2 N–H and O–H groups in total. The van der Waals surface area contributed by atoms with Crippen LogP contribution in [0.3, 0.4) is 0 Å². The van der Waals surface area contributed by atoms with Crippen molar-refractivity contribution in [1.82, 2.24) is 10.2 Å². The highest BCUT2D eigenvalue weighted by Gasteiger charge is 2.52. The molecule has 9 nitrogen and oxygen atoms in total. The lowest BCUT2D eigenvalue weighted by Crippen LogP contribution is -2.28. The number of hydrogen-bond acceptors (Lipinski definition) is 8. The molecule has 2 spiro atoms. The van der Waals surface area contributed by atoms with Crippen LogP contribution in [0.4, 0.5) is 0 Å². The summed E-state index contributed by atoms with van der Waals surface area (Å²) in [6.45, 7) is 2.67. The van der Waals surface area contributed by atoms with Crippen LogP contribution in [0.25, 0.3) is 4.86 Å². The topological polar surface area (TPSA) is 99.8 Å². The molecular formula is C18H24N5O4P3. The Kier molecular flexibility index (Phi) is 5.98. The zero-order valence-corrected chi connectivity index (χ0v) is 19.0. The standard InChI is InChI=1S/C18H24N5O4P3/c1-3-9-17(10-4-1)26-30(27-18-11-5-2-6-12-18)22-28(19-13-7-15-24-28)21-29(23-30)20-14-8-16-25-29/h1-6,9-12,19-20H,7-8,13-16H2/t28-,29?/m1/s1. The van der Waals surface area contributed by atoms with E-state index in [4.69, 9.17) is 32.0 Å². The first-order valence-electron chi connectivity index (χ1n) is 9.89. The Morgan fingerprint density at radius 2 is 1.53 bits per heavy atom. The van der Waals surface area contributed by atoms with Gasteiger partial charge >= 0.3 is 7.94 Å². The van der Waals surface area contributed by atoms with E-state index in [1.54, 1.807) is 0 Å². The van der Waals surface area contributed by atoms with E-state index in [0.29, 0.717) is 24.7 Å². The minimum absolute atomic E-state index is 0.574. The van der Waals surface area contributed by atoms with E-state index in [-0.39, 0.29) is 0 Å². The Balaban J connectivity index is 1.63. The molecule has 160 valence electrons. The van der Waals surface area contributed by atoms with Crippen LogP contribution in [0.15, 0.2) is 69.7 Å². The predicted octanol–water partition coefficient (Wildman–Crippen LogP) is 6.12. The summed E-state index contributed by atoms with van der Waals surface area (Å²) in [5.74, 6) is 1.25. The molecule has 0 radical (unpaired) electrons. The molecule has 12 heteroatoms. The minimum atomic E-state index is -3.22. The van der Waals surface area contributed by atoms with Crippen LogP contribution in [0.1, 0.15) is 12.8 Å². The summed E-state index contributed by atoms with van der Waals surface area (Å²) in [7, 11) is -8.71. The first-order valence-corrected chi connectivity index (χ1v) is 14.6. The third kappa shape index (κ3) is 4.50. The lowest BCUT2D eigenvalue weighted by atomic mass is 10.3. The SMILES string of the molecule is c1ccc(OP2(Oc3ccccc3)=N[P+]3(N=[P@@]4([N-]2)NCCCO4)NCCCO3)cc1. The van der Waals surface area contributed by atoms with Gasteiger partial charge in [0.15, 0.2) is 0 Å². The van der Waals surface area contributed by atoms with Gasteiger partial charge in [0.1, 0.15) is 19.1 Å². The van der Waals surface area contributed by atoms with Crippen molar-refractivity contribution in [3.8, 4) is 11.5 Å². The van der Waals surface area contributed by atoms with Gasteiger partial charge in [-0.2, -0.15) is 4.52 Å². The maximum absolute atomic E-state index is 6.41. The lowest BCUT2D eigenvalue weighted by Gasteiger charge is -2.47. The van der Waals surface area contributed by atoms with E-state index in [1.165, 1.54) is 0 Å². The van der Waals surface area contributed by atoms with Crippen molar-refractivity contribution < 1.29 is 18.1 Å². The highest BCUT2D eigenvalue weighted by Crippen LogP contribution is 2.86. The molecule has 3 aliphatic rings.